The second kappa shape index (κ2) is 10.9. The standard InChI is InChI=1S/C22H17F8NO4/c1-22(31(34)35,4-2-10(32)6-12-18(27)14(23)8-15(24)19(12)28)5-3-11(33)7-13-20(29)16(25)9-17(26)21(13)30/h8-9H,2-7H2,1H3. The van der Waals surface area contributed by atoms with Crippen LogP contribution in [0.2, 0.25) is 0 Å². The number of benzene rings is 2. The molecule has 0 radical (unpaired) electrons. The second-order valence-corrected chi connectivity index (χ2v) is 8.08. The molecule has 0 saturated heterocycles. The largest absolute Gasteiger partial charge is 0.299 e. The summed E-state index contributed by atoms with van der Waals surface area (Å²) in [6.45, 7) is 1.03. The maximum absolute atomic E-state index is 13.7. The van der Waals surface area contributed by atoms with Crippen LogP contribution in [0.4, 0.5) is 35.1 Å². The number of Topliss-reactive ketones (excluding diaryl/α,β-unsaturated/α-hetero) is 2. The SMILES string of the molecule is CC(CCC(=O)Cc1c(F)c(F)cc(F)c1F)(CCC(=O)Cc1c(F)c(F)cc(F)c1F)[N+](=O)[O-]. The van der Waals surface area contributed by atoms with Crippen molar-refractivity contribution in [1.29, 1.82) is 0 Å². The van der Waals surface area contributed by atoms with Crippen molar-refractivity contribution < 1.29 is 49.6 Å². The molecule has 0 fully saturated rings. The first-order valence-electron chi connectivity index (χ1n) is 9.99. The van der Waals surface area contributed by atoms with Gasteiger partial charge in [0.25, 0.3) is 0 Å². The summed E-state index contributed by atoms with van der Waals surface area (Å²) in [5.74, 6) is -16.0. The zero-order valence-corrected chi connectivity index (χ0v) is 18.0. The van der Waals surface area contributed by atoms with Gasteiger partial charge in [0, 0.05) is 73.6 Å². The Morgan fingerprint density at radius 3 is 1.26 bits per heavy atom. The third-order valence-electron chi connectivity index (χ3n) is 5.48. The summed E-state index contributed by atoms with van der Waals surface area (Å²) in [7, 11) is 0. The Kier molecular flexibility index (Phi) is 8.69. The van der Waals surface area contributed by atoms with E-state index < -0.39 is 118 Å². The number of hydrogen-bond acceptors (Lipinski definition) is 4. The van der Waals surface area contributed by atoms with E-state index in [0.717, 1.165) is 6.92 Å². The van der Waals surface area contributed by atoms with E-state index in [1.165, 1.54) is 0 Å². The molecule has 2 aromatic carbocycles. The highest BCUT2D eigenvalue weighted by atomic mass is 19.2. The molecule has 0 saturated carbocycles. The molecule has 0 atom stereocenters. The number of nitrogens with zero attached hydrogens (tertiary/aromatic N) is 1. The van der Waals surface area contributed by atoms with Crippen molar-refractivity contribution in [2.45, 2.75) is 51.0 Å². The fraction of sp³-hybridized carbons (Fsp3) is 0.364. The third-order valence-corrected chi connectivity index (χ3v) is 5.48. The molecule has 0 bridgehead atoms. The number of ketones is 2. The van der Waals surface area contributed by atoms with Crippen molar-refractivity contribution in [2.75, 3.05) is 0 Å². The van der Waals surface area contributed by atoms with Crippen LogP contribution in [0.1, 0.15) is 43.7 Å². The monoisotopic (exact) mass is 511 g/mol. The van der Waals surface area contributed by atoms with E-state index in [2.05, 4.69) is 0 Å². The van der Waals surface area contributed by atoms with E-state index in [9.17, 15) is 54.8 Å². The van der Waals surface area contributed by atoms with E-state index in [0.29, 0.717) is 0 Å². The van der Waals surface area contributed by atoms with Gasteiger partial charge in [-0.1, -0.05) is 0 Å². The van der Waals surface area contributed by atoms with E-state index in [4.69, 9.17) is 0 Å². The molecular formula is C22H17F8NO4. The minimum atomic E-state index is -1.97. The molecule has 0 N–H and O–H groups in total. The Labute approximate surface area is 192 Å². The van der Waals surface area contributed by atoms with Crippen LogP contribution in [-0.2, 0) is 22.4 Å². The average Bonchev–Trinajstić information content (AvgIpc) is 2.79. The molecule has 0 aliphatic rings. The number of halogens is 8. The van der Waals surface area contributed by atoms with E-state index in [1.807, 2.05) is 0 Å². The Morgan fingerprint density at radius 2 is 1.00 bits per heavy atom. The van der Waals surface area contributed by atoms with Crippen LogP contribution in [-0.4, -0.2) is 22.0 Å². The molecule has 0 heterocycles. The summed E-state index contributed by atoms with van der Waals surface area (Å²) in [5, 5.41) is 11.5. The van der Waals surface area contributed by atoms with Crippen molar-refractivity contribution >= 4 is 11.6 Å². The van der Waals surface area contributed by atoms with Gasteiger partial charge in [0.05, 0.1) is 0 Å². The second-order valence-electron chi connectivity index (χ2n) is 8.08. The molecule has 0 amide bonds. The van der Waals surface area contributed by atoms with Gasteiger partial charge < -0.3 is 0 Å². The Hall–Kier alpha value is -3.38. The predicted molar refractivity (Wildman–Crippen MR) is 104 cm³/mol. The molecular weight excluding hydrogens is 494 g/mol. The summed E-state index contributed by atoms with van der Waals surface area (Å²) < 4.78 is 108. The molecule has 35 heavy (non-hydrogen) atoms. The fourth-order valence-corrected chi connectivity index (χ4v) is 3.25. The van der Waals surface area contributed by atoms with Crippen molar-refractivity contribution in [3.05, 3.63) is 79.9 Å². The zero-order chi connectivity index (χ0) is 26.7. The van der Waals surface area contributed by atoms with Gasteiger partial charge in [-0.2, -0.15) is 0 Å². The summed E-state index contributed by atoms with van der Waals surface area (Å²) in [5.41, 5.74) is -4.34. The van der Waals surface area contributed by atoms with Gasteiger partial charge in [-0.25, -0.2) is 35.1 Å². The van der Waals surface area contributed by atoms with Crippen molar-refractivity contribution in [3.63, 3.8) is 0 Å². The Balaban J connectivity index is 2.05. The van der Waals surface area contributed by atoms with Crippen LogP contribution in [0.25, 0.3) is 0 Å². The number of carbonyl (C=O) groups is 2. The lowest BCUT2D eigenvalue weighted by Crippen LogP contribution is -2.36. The lowest BCUT2D eigenvalue weighted by Gasteiger charge is -2.20. The van der Waals surface area contributed by atoms with Gasteiger partial charge in [0.15, 0.2) is 46.5 Å². The molecule has 5 nitrogen and oxygen atoms in total. The summed E-state index contributed by atoms with van der Waals surface area (Å²) in [6.07, 6.45) is -4.65. The number of nitro groups is 1. The number of carbonyl (C=O) groups excluding carboxylic acids is 2. The summed E-state index contributed by atoms with van der Waals surface area (Å²) in [4.78, 5) is 34.9. The van der Waals surface area contributed by atoms with Crippen molar-refractivity contribution in [3.8, 4) is 0 Å². The van der Waals surface area contributed by atoms with Gasteiger partial charge in [-0.15, -0.1) is 0 Å². The highest BCUT2D eigenvalue weighted by Crippen LogP contribution is 2.27. The van der Waals surface area contributed by atoms with Gasteiger partial charge >= 0.3 is 0 Å². The summed E-state index contributed by atoms with van der Waals surface area (Å²) in [6, 6.07) is -0.0924. The van der Waals surface area contributed by atoms with Gasteiger partial charge in [0.1, 0.15) is 11.6 Å². The molecule has 0 spiro atoms. The first-order chi connectivity index (χ1) is 16.2. The van der Waals surface area contributed by atoms with Gasteiger partial charge in [-0.3, -0.25) is 19.7 Å². The minimum Gasteiger partial charge on any atom is -0.299 e. The van der Waals surface area contributed by atoms with Crippen molar-refractivity contribution in [1.82, 2.24) is 0 Å². The lowest BCUT2D eigenvalue weighted by molar-refractivity contribution is -0.567. The summed E-state index contributed by atoms with van der Waals surface area (Å²) >= 11 is 0. The average molecular weight is 511 g/mol. The number of rotatable bonds is 11. The molecule has 0 aliphatic heterocycles. The van der Waals surface area contributed by atoms with Crippen molar-refractivity contribution in [2.24, 2.45) is 0 Å². The van der Waals surface area contributed by atoms with Crippen LogP contribution >= 0.6 is 0 Å². The molecule has 0 aliphatic carbocycles. The minimum absolute atomic E-state index is 0.0462. The molecule has 13 heteroatoms. The molecule has 2 aromatic rings. The molecule has 0 aromatic heterocycles. The smallest absolute Gasteiger partial charge is 0.220 e. The quantitative estimate of drug-likeness (QED) is 0.177. The van der Waals surface area contributed by atoms with Gasteiger partial charge in [-0.05, 0) is 0 Å². The maximum Gasteiger partial charge on any atom is 0.220 e. The third kappa shape index (κ3) is 6.40. The van der Waals surface area contributed by atoms with E-state index in [-0.39, 0.29) is 12.1 Å². The van der Waals surface area contributed by atoms with Crippen LogP contribution in [0.3, 0.4) is 0 Å². The van der Waals surface area contributed by atoms with Gasteiger partial charge in [0.2, 0.25) is 5.54 Å². The first-order valence-corrected chi connectivity index (χ1v) is 9.99. The Morgan fingerprint density at radius 1 is 0.714 bits per heavy atom. The van der Waals surface area contributed by atoms with E-state index in [1.54, 1.807) is 0 Å². The van der Waals surface area contributed by atoms with Crippen LogP contribution in [0.15, 0.2) is 12.1 Å². The molecule has 2 rings (SSSR count). The highest BCUT2D eigenvalue weighted by molar-refractivity contribution is 5.82. The lowest BCUT2D eigenvalue weighted by atomic mass is 9.87. The highest BCUT2D eigenvalue weighted by Gasteiger charge is 2.38. The zero-order valence-electron chi connectivity index (χ0n) is 18.0. The maximum atomic E-state index is 13.7. The topological polar surface area (TPSA) is 77.3 Å². The molecule has 190 valence electrons. The van der Waals surface area contributed by atoms with Crippen LogP contribution in [0.5, 0.6) is 0 Å². The van der Waals surface area contributed by atoms with E-state index >= 15 is 0 Å². The van der Waals surface area contributed by atoms with Crippen LogP contribution < -0.4 is 0 Å². The molecule has 0 unspecified atom stereocenters. The first kappa shape index (κ1) is 27.9. The number of hydrogen-bond donors (Lipinski definition) is 0. The van der Waals surface area contributed by atoms with Crippen LogP contribution in [0, 0.1) is 56.7 Å². The predicted octanol–water partition coefficient (Wildman–Crippen LogP) is 5.32. The fourth-order valence-electron chi connectivity index (χ4n) is 3.25. The normalized spacial score (nSPS) is 11.6. The Bertz CT molecular complexity index is 1050.